The van der Waals surface area contributed by atoms with Gasteiger partial charge in [0.25, 0.3) is 5.91 Å². The second-order valence-electron chi connectivity index (χ2n) is 5.22. The maximum absolute atomic E-state index is 11.9. The molecule has 0 aromatic heterocycles. The number of anilines is 1. The molecule has 0 saturated carbocycles. The van der Waals surface area contributed by atoms with Crippen molar-refractivity contribution in [1.29, 1.82) is 0 Å². The highest BCUT2D eigenvalue weighted by Gasteiger charge is 2.11. The van der Waals surface area contributed by atoms with Crippen LogP contribution >= 0.6 is 11.6 Å². The van der Waals surface area contributed by atoms with Crippen LogP contribution in [0.25, 0.3) is 0 Å². The molecule has 0 heterocycles. The quantitative estimate of drug-likeness (QED) is 0.850. The van der Waals surface area contributed by atoms with Crippen LogP contribution in [0.2, 0.25) is 5.02 Å². The predicted molar refractivity (Wildman–Crippen MR) is 90.7 cm³/mol. The molecular formula is C18H18ClNO3. The van der Waals surface area contributed by atoms with Gasteiger partial charge in [0.05, 0.1) is 6.42 Å². The van der Waals surface area contributed by atoms with E-state index in [1.54, 1.807) is 18.2 Å². The number of esters is 1. The highest BCUT2D eigenvalue weighted by Crippen LogP contribution is 2.22. The Bertz CT molecular complexity index is 728. The molecule has 2 rings (SSSR count). The van der Waals surface area contributed by atoms with E-state index >= 15 is 0 Å². The average molecular weight is 332 g/mol. The van der Waals surface area contributed by atoms with Gasteiger partial charge in [-0.2, -0.15) is 0 Å². The summed E-state index contributed by atoms with van der Waals surface area (Å²) in [6, 6.07) is 12.8. The van der Waals surface area contributed by atoms with Crippen molar-refractivity contribution >= 4 is 29.2 Å². The Labute approximate surface area is 140 Å². The van der Waals surface area contributed by atoms with Gasteiger partial charge in [0.15, 0.2) is 6.61 Å². The third-order valence-corrected chi connectivity index (χ3v) is 3.91. The van der Waals surface area contributed by atoms with Gasteiger partial charge in [0, 0.05) is 10.7 Å². The fourth-order valence-corrected chi connectivity index (χ4v) is 2.26. The Hall–Kier alpha value is -2.33. The zero-order chi connectivity index (χ0) is 16.8. The third-order valence-electron chi connectivity index (χ3n) is 3.50. The van der Waals surface area contributed by atoms with Crippen LogP contribution in [0.1, 0.15) is 16.7 Å². The molecule has 23 heavy (non-hydrogen) atoms. The maximum atomic E-state index is 11.9. The van der Waals surface area contributed by atoms with Crippen molar-refractivity contribution in [2.45, 2.75) is 20.3 Å². The number of aryl methyl sites for hydroxylation is 1. The van der Waals surface area contributed by atoms with Gasteiger partial charge in [0.1, 0.15) is 0 Å². The lowest BCUT2D eigenvalue weighted by Gasteiger charge is -2.10. The molecule has 120 valence electrons. The predicted octanol–water partition coefficient (Wildman–Crippen LogP) is 3.68. The van der Waals surface area contributed by atoms with E-state index in [9.17, 15) is 9.59 Å². The van der Waals surface area contributed by atoms with Crippen molar-refractivity contribution in [2.24, 2.45) is 0 Å². The van der Waals surface area contributed by atoms with Crippen LogP contribution in [0.5, 0.6) is 0 Å². The summed E-state index contributed by atoms with van der Waals surface area (Å²) in [5, 5.41) is 3.25. The molecule has 0 saturated heterocycles. The van der Waals surface area contributed by atoms with E-state index in [4.69, 9.17) is 16.3 Å². The van der Waals surface area contributed by atoms with E-state index in [-0.39, 0.29) is 13.0 Å². The van der Waals surface area contributed by atoms with Crippen molar-refractivity contribution in [1.82, 2.24) is 0 Å². The summed E-state index contributed by atoms with van der Waals surface area (Å²) in [4.78, 5) is 23.7. The highest BCUT2D eigenvalue weighted by molar-refractivity contribution is 6.31. The number of ether oxygens (including phenoxy) is 1. The first-order valence-electron chi connectivity index (χ1n) is 7.22. The zero-order valence-electron chi connectivity index (χ0n) is 13.1. The van der Waals surface area contributed by atoms with Crippen molar-refractivity contribution < 1.29 is 14.3 Å². The normalized spacial score (nSPS) is 10.2. The highest BCUT2D eigenvalue weighted by atomic mass is 35.5. The number of amides is 1. The summed E-state index contributed by atoms with van der Waals surface area (Å²) >= 11 is 5.99. The molecule has 0 unspecified atom stereocenters. The monoisotopic (exact) mass is 331 g/mol. The van der Waals surface area contributed by atoms with Crippen LogP contribution < -0.4 is 5.32 Å². The fourth-order valence-electron chi connectivity index (χ4n) is 2.09. The Kier molecular flexibility index (Phi) is 5.77. The van der Waals surface area contributed by atoms with Crippen LogP contribution in [-0.2, 0) is 20.7 Å². The number of nitrogens with one attached hydrogen (secondary N) is 1. The summed E-state index contributed by atoms with van der Waals surface area (Å²) in [7, 11) is 0. The fraction of sp³-hybridized carbons (Fsp3) is 0.222. The lowest BCUT2D eigenvalue weighted by molar-refractivity contribution is -0.146. The Balaban J connectivity index is 1.86. The van der Waals surface area contributed by atoms with Crippen molar-refractivity contribution in [2.75, 3.05) is 11.9 Å². The molecule has 4 nitrogen and oxygen atoms in total. The van der Waals surface area contributed by atoms with Crippen LogP contribution in [0.4, 0.5) is 5.69 Å². The largest absolute Gasteiger partial charge is 0.455 e. The van der Waals surface area contributed by atoms with Crippen LogP contribution in [-0.4, -0.2) is 18.5 Å². The first-order valence-corrected chi connectivity index (χ1v) is 7.60. The summed E-state index contributed by atoms with van der Waals surface area (Å²) < 4.78 is 5.02. The number of rotatable bonds is 5. The van der Waals surface area contributed by atoms with Gasteiger partial charge in [-0.25, -0.2) is 0 Å². The van der Waals surface area contributed by atoms with Gasteiger partial charge in [-0.1, -0.05) is 41.9 Å². The van der Waals surface area contributed by atoms with Gasteiger partial charge < -0.3 is 10.1 Å². The summed E-state index contributed by atoms with van der Waals surface area (Å²) in [6.07, 6.45) is 0.149. The molecule has 0 aliphatic carbocycles. The Morgan fingerprint density at radius 3 is 2.57 bits per heavy atom. The van der Waals surface area contributed by atoms with Crippen LogP contribution in [0, 0.1) is 13.8 Å². The van der Waals surface area contributed by atoms with Crippen molar-refractivity contribution in [3.8, 4) is 0 Å². The van der Waals surface area contributed by atoms with E-state index in [0.29, 0.717) is 10.7 Å². The van der Waals surface area contributed by atoms with E-state index in [1.165, 1.54) is 0 Å². The SMILES string of the molecule is Cc1ccccc1CC(=O)OCC(=O)Nc1cccc(Cl)c1C. The van der Waals surface area contributed by atoms with Crippen molar-refractivity contribution in [3.05, 3.63) is 64.2 Å². The molecule has 2 aromatic carbocycles. The summed E-state index contributed by atoms with van der Waals surface area (Å²) in [5.41, 5.74) is 3.29. The molecule has 1 amide bonds. The minimum absolute atomic E-state index is 0.149. The van der Waals surface area contributed by atoms with Crippen molar-refractivity contribution in [3.63, 3.8) is 0 Å². The molecule has 0 spiro atoms. The van der Waals surface area contributed by atoms with Gasteiger partial charge in [-0.15, -0.1) is 0 Å². The Morgan fingerprint density at radius 2 is 1.83 bits per heavy atom. The molecule has 0 aliphatic rings. The number of carbonyl (C=O) groups is 2. The summed E-state index contributed by atoms with van der Waals surface area (Å²) in [5.74, 6) is -0.828. The standard InChI is InChI=1S/C18H18ClNO3/c1-12-6-3-4-7-14(12)10-18(22)23-11-17(21)20-16-9-5-8-15(19)13(16)2/h3-9H,10-11H2,1-2H3,(H,20,21). The van der Waals surface area contributed by atoms with Crippen LogP contribution in [0.15, 0.2) is 42.5 Å². The zero-order valence-corrected chi connectivity index (χ0v) is 13.8. The minimum atomic E-state index is -0.433. The smallest absolute Gasteiger partial charge is 0.310 e. The number of carbonyl (C=O) groups excluding carboxylic acids is 2. The Morgan fingerprint density at radius 1 is 1.09 bits per heavy atom. The minimum Gasteiger partial charge on any atom is -0.455 e. The second-order valence-corrected chi connectivity index (χ2v) is 5.63. The van der Waals surface area contributed by atoms with Gasteiger partial charge >= 0.3 is 5.97 Å². The lowest BCUT2D eigenvalue weighted by Crippen LogP contribution is -2.22. The molecule has 0 aliphatic heterocycles. The van der Waals surface area contributed by atoms with Gasteiger partial charge in [-0.3, -0.25) is 9.59 Å². The average Bonchev–Trinajstić information content (AvgIpc) is 2.52. The number of halogens is 1. The number of hydrogen-bond donors (Lipinski definition) is 1. The van der Waals surface area contributed by atoms with Gasteiger partial charge in [-0.05, 0) is 42.7 Å². The topological polar surface area (TPSA) is 55.4 Å². The first-order chi connectivity index (χ1) is 11.0. The third kappa shape index (κ3) is 4.83. The van der Waals surface area contributed by atoms with E-state index in [2.05, 4.69) is 5.32 Å². The van der Waals surface area contributed by atoms with Gasteiger partial charge in [0.2, 0.25) is 0 Å². The second kappa shape index (κ2) is 7.79. The summed E-state index contributed by atoms with van der Waals surface area (Å²) in [6.45, 7) is 3.41. The molecule has 0 fully saturated rings. The molecule has 2 aromatic rings. The first kappa shape index (κ1) is 17.0. The maximum Gasteiger partial charge on any atom is 0.310 e. The van der Waals surface area contributed by atoms with E-state index < -0.39 is 11.9 Å². The molecule has 0 atom stereocenters. The molecule has 5 heteroatoms. The molecular weight excluding hydrogens is 314 g/mol. The number of hydrogen-bond acceptors (Lipinski definition) is 3. The molecule has 0 radical (unpaired) electrons. The lowest BCUT2D eigenvalue weighted by atomic mass is 10.1. The molecule has 1 N–H and O–H groups in total. The van der Waals surface area contributed by atoms with E-state index in [0.717, 1.165) is 16.7 Å². The van der Waals surface area contributed by atoms with Crippen LogP contribution in [0.3, 0.4) is 0 Å². The molecule has 0 bridgehead atoms. The van der Waals surface area contributed by atoms with E-state index in [1.807, 2.05) is 38.1 Å². The number of benzene rings is 2.